The topological polar surface area (TPSA) is 15.7 Å². The minimum Gasteiger partial charge on any atom is -0.455 e. The van der Waals surface area contributed by atoms with Gasteiger partial charge in [-0.1, -0.05) is 27.7 Å². The fraction of sp³-hybridized carbons (Fsp3) is 1.00. The van der Waals surface area contributed by atoms with Gasteiger partial charge < -0.3 is 13.9 Å². The lowest BCUT2D eigenvalue weighted by molar-refractivity contribution is 0.202. The monoisotopic (exact) mass is 444 g/mol. The smallest absolute Gasteiger partial charge is 0.173 e. The maximum Gasteiger partial charge on any atom is 0.173 e. The third-order valence-electron chi connectivity index (χ3n) is 6.17. The van der Waals surface area contributed by atoms with Gasteiger partial charge in [0.25, 0.3) is 0 Å². The van der Waals surface area contributed by atoms with Crippen LogP contribution in [0.3, 0.4) is 0 Å². The number of hydrogen-bond acceptors (Lipinski definition) is 3. The zero-order valence-electron chi connectivity index (χ0n) is 21.9. The standard InChI is InChI=1S/C24H56N2OSi2/c1-11-17-25(18-12-2)23(5)15-21-28(7,8)27-29(9,10)22-16-24(6)26(19-13-3)20-14-4/h23-24H,11-22H2,1-10H3. The van der Waals surface area contributed by atoms with Crippen LogP contribution in [-0.2, 0) is 4.12 Å². The number of hydrogen-bond donors (Lipinski definition) is 0. The van der Waals surface area contributed by atoms with E-state index in [4.69, 9.17) is 4.12 Å². The van der Waals surface area contributed by atoms with E-state index >= 15 is 0 Å². The second-order valence-corrected chi connectivity index (χ2v) is 19.3. The summed E-state index contributed by atoms with van der Waals surface area (Å²) >= 11 is 0. The average molecular weight is 445 g/mol. The first-order valence-corrected chi connectivity index (χ1v) is 18.9. The molecule has 0 saturated carbocycles. The Morgan fingerprint density at radius 1 is 0.586 bits per heavy atom. The highest BCUT2D eigenvalue weighted by Crippen LogP contribution is 2.26. The molecule has 29 heavy (non-hydrogen) atoms. The van der Waals surface area contributed by atoms with Crippen molar-refractivity contribution in [2.24, 2.45) is 0 Å². The molecule has 0 aliphatic heterocycles. The van der Waals surface area contributed by atoms with E-state index in [0.717, 1.165) is 0 Å². The molecule has 0 spiro atoms. The molecule has 0 aromatic carbocycles. The third-order valence-corrected chi connectivity index (χ3v) is 13.6. The first kappa shape index (κ1) is 29.3. The van der Waals surface area contributed by atoms with E-state index in [0.29, 0.717) is 12.1 Å². The number of rotatable bonds is 18. The van der Waals surface area contributed by atoms with Gasteiger partial charge in [-0.3, -0.25) is 0 Å². The lowest BCUT2D eigenvalue weighted by atomic mass is 10.2. The molecular weight excluding hydrogens is 388 g/mol. The van der Waals surface area contributed by atoms with Crippen LogP contribution in [0.4, 0.5) is 0 Å². The Bertz CT molecular complexity index is 356. The van der Waals surface area contributed by atoms with Crippen LogP contribution in [-0.4, -0.2) is 64.7 Å². The Labute approximate surface area is 187 Å². The minimum atomic E-state index is -1.60. The van der Waals surface area contributed by atoms with E-state index in [-0.39, 0.29) is 0 Å². The van der Waals surface area contributed by atoms with Crippen molar-refractivity contribution >= 4 is 16.6 Å². The summed E-state index contributed by atoms with van der Waals surface area (Å²) in [7, 11) is -3.20. The Balaban J connectivity index is 4.62. The summed E-state index contributed by atoms with van der Waals surface area (Å²) in [5.74, 6) is 0. The van der Waals surface area contributed by atoms with Crippen LogP contribution in [0.25, 0.3) is 0 Å². The fourth-order valence-electron chi connectivity index (χ4n) is 4.58. The second-order valence-electron chi connectivity index (χ2n) is 10.5. The molecule has 5 heteroatoms. The Morgan fingerprint density at radius 2 is 0.862 bits per heavy atom. The van der Waals surface area contributed by atoms with Crippen molar-refractivity contribution in [2.75, 3.05) is 26.2 Å². The van der Waals surface area contributed by atoms with Gasteiger partial charge in [-0.2, -0.15) is 0 Å². The Kier molecular flexibility index (Phi) is 15.3. The van der Waals surface area contributed by atoms with Gasteiger partial charge >= 0.3 is 0 Å². The van der Waals surface area contributed by atoms with Crippen LogP contribution >= 0.6 is 0 Å². The molecule has 0 saturated heterocycles. The summed E-state index contributed by atoms with van der Waals surface area (Å²) in [5.41, 5.74) is 0. The van der Waals surface area contributed by atoms with Crippen molar-refractivity contribution in [3.63, 3.8) is 0 Å². The predicted octanol–water partition coefficient (Wildman–Crippen LogP) is 7.21. The fourth-order valence-corrected chi connectivity index (χ4v) is 13.6. The molecule has 0 rings (SSSR count). The summed E-state index contributed by atoms with van der Waals surface area (Å²) in [5, 5.41) is 0. The SMILES string of the molecule is CCCN(CCC)C(C)CC[Si](C)(C)O[Si](C)(C)CCC(C)N(CCC)CCC. The molecule has 0 fully saturated rings. The van der Waals surface area contributed by atoms with Crippen LogP contribution in [0, 0.1) is 0 Å². The molecule has 2 unspecified atom stereocenters. The van der Waals surface area contributed by atoms with E-state index in [1.54, 1.807) is 0 Å². The van der Waals surface area contributed by atoms with Crippen LogP contribution in [0.5, 0.6) is 0 Å². The van der Waals surface area contributed by atoms with Crippen LogP contribution in [0.2, 0.25) is 38.3 Å². The highest BCUT2D eigenvalue weighted by atomic mass is 28.4. The zero-order valence-corrected chi connectivity index (χ0v) is 23.9. The highest BCUT2D eigenvalue weighted by molar-refractivity contribution is 6.84. The molecule has 2 atom stereocenters. The lowest BCUT2D eigenvalue weighted by Gasteiger charge is -2.37. The summed E-state index contributed by atoms with van der Waals surface area (Å²) in [6.45, 7) is 28.8. The van der Waals surface area contributed by atoms with Crippen LogP contribution in [0.1, 0.15) is 80.1 Å². The molecular formula is C24H56N2OSi2. The van der Waals surface area contributed by atoms with Gasteiger partial charge in [0, 0.05) is 12.1 Å². The van der Waals surface area contributed by atoms with Gasteiger partial charge in [0.05, 0.1) is 0 Å². The molecule has 0 aromatic heterocycles. The largest absolute Gasteiger partial charge is 0.455 e. The molecule has 0 heterocycles. The predicted molar refractivity (Wildman–Crippen MR) is 138 cm³/mol. The van der Waals surface area contributed by atoms with Gasteiger partial charge in [-0.05, 0) is 117 Å². The van der Waals surface area contributed by atoms with Gasteiger partial charge in [0.2, 0.25) is 0 Å². The van der Waals surface area contributed by atoms with E-state index in [1.165, 1.54) is 76.8 Å². The van der Waals surface area contributed by atoms with Gasteiger partial charge in [0.1, 0.15) is 0 Å². The lowest BCUT2D eigenvalue weighted by Crippen LogP contribution is -2.46. The van der Waals surface area contributed by atoms with Crippen molar-refractivity contribution in [1.82, 2.24) is 9.80 Å². The summed E-state index contributed by atoms with van der Waals surface area (Å²) < 4.78 is 6.97. The van der Waals surface area contributed by atoms with E-state index in [1.807, 2.05) is 0 Å². The van der Waals surface area contributed by atoms with E-state index < -0.39 is 16.6 Å². The van der Waals surface area contributed by atoms with Crippen molar-refractivity contribution in [3.8, 4) is 0 Å². The molecule has 0 aromatic rings. The number of nitrogens with zero attached hydrogens (tertiary/aromatic N) is 2. The third kappa shape index (κ3) is 13.4. The first-order chi connectivity index (χ1) is 13.5. The van der Waals surface area contributed by atoms with Crippen molar-refractivity contribution in [1.29, 1.82) is 0 Å². The van der Waals surface area contributed by atoms with Gasteiger partial charge in [-0.25, -0.2) is 0 Å². The molecule has 0 bridgehead atoms. The second kappa shape index (κ2) is 15.2. The Morgan fingerprint density at radius 3 is 1.10 bits per heavy atom. The van der Waals surface area contributed by atoms with Crippen LogP contribution in [0.15, 0.2) is 0 Å². The Hall–Kier alpha value is 0.314. The quantitative estimate of drug-likeness (QED) is 0.208. The molecule has 0 radical (unpaired) electrons. The van der Waals surface area contributed by atoms with E-state index in [2.05, 4.69) is 77.5 Å². The maximum absolute atomic E-state index is 6.97. The molecule has 3 nitrogen and oxygen atoms in total. The molecule has 176 valence electrons. The average Bonchev–Trinajstić information content (AvgIpc) is 2.63. The van der Waals surface area contributed by atoms with Gasteiger partial charge in [-0.15, -0.1) is 0 Å². The first-order valence-electron chi connectivity index (χ1n) is 12.7. The summed E-state index contributed by atoms with van der Waals surface area (Å²) in [4.78, 5) is 5.37. The zero-order chi connectivity index (χ0) is 22.5. The minimum absolute atomic E-state index is 0.687. The van der Waals surface area contributed by atoms with Crippen molar-refractivity contribution in [2.45, 2.75) is 130 Å². The molecule has 0 aliphatic carbocycles. The van der Waals surface area contributed by atoms with E-state index in [9.17, 15) is 0 Å². The molecule has 0 N–H and O–H groups in total. The highest BCUT2D eigenvalue weighted by Gasteiger charge is 2.33. The summed E-state index contributed by atoms with van der Waals surface area (Å²) in [6, 6.07) is 3.96. The van der Waals surface area contributed by atoms with Crippen molar-refractivity contribution in [3.05, 3.63) is 0 Å². The normalized spacial score (nSPS) is 15.3. The molecule has 0 amide bonds. The van der Waals surface area contributed by atoms with Crippen LogP contribution < -0.4 is 0 Å². The summed E-state index contributed by atoms with van der Waals surface area (Å²) in [6.07, 6.45) is 7.61. The molecule has 0 aliphatic rings. The van der Waals surface area contributed by atoms with Crippen molar-refractivity contribution < 1.29 is 4.12 Å². The van der Waals surface area contributed by atoms with Gasteiger partial charge in [0.15, 0.2) is 16.6 Å². The maximum atomic E-state index is 6.97.